The van der Waals surface area contributed by atoms with Crippen LogP contribution in [-0.4, -0.2) is 98.9 Å². The van der Waals surface area contributed by atoms with Crippen molar-refractivity contribution in [3.8, 4) is 0 Å². The number of hydrogen-bond acceptors (Lipinski definition) is 16. The third kappa shape index (κ3) is 5.64. The van der Waals surface area contributed by atoms with Crippen LogP contribution < -0.4 is 22.5 Å². The van der Waals surface area contributed by atoms with Gasteiger partial charge in [0.1, 0.15) is 36.6 Å². The van der Waals surface area contributed by atoms with E-state index in [2.05, 4.69) is 15.0 Å². The van der Waals surface area contributed by atoms with Crippen LogP contribution in [0.15, 0.2) is 33.0 Å². The van der Waals surface area contributed by atoms with Crippen molar-refractivity contribution in [3.05, 3.63) is 49.8 Å². The fourth-order valence-electron chi connectivity index (χ4n) is 4.89. The van der Waals surface area contributed by atoms with Gasteiger partial charge in [0.2, 0.25) is 5.95 Å². The number of ether oxygens (including phenoxy) is 2. The molecule has 3 saturated heterocycles. The van der Waals surface area contributed by atoms with Crippen molar-refractivity contribution in [1.29, 1.82) is 0 Å². The van der Waals surface area contributed by atoms with Crippen LogP contribution in [0.2, 0.25) is 0 Å². The number of nitrogens with one attached hydrogen (secondary N) is 2. The molecular formula is C19H23N7O15P2. The molecule has 4 unspecified atom stereocenters. The molecule has 0 saturated carbocycles. The Bertz CT molecular complexity index is 1820. The van der Waals surface area contributed by atoms with Crippen LogP contribution >= 0.6 is 15.6 Å². The lowest BCUT2D eigenvalue weighted by Crippen LogP contribution is -2.40. The Morgan fingerprint density at radius 3 is 2.02 bits per heavy atom. The molecule has 3 aromatic heterocycles. The van der Waals surface area contributed by atoms with Crippen molar-refractivity contribution in [1.82, 2.24) is 29.1 Å². The van der Waals surface area contributed by atoms with Crippen molar-refractivity contribution < 1.29 is 56.7 Å². The lowest BCUT2D eigenvalue weighted by atomic mass is 10.1. The molecule has 24 heteroatoms. The Kier molecular flexibility index (Phi) is 7.52. The predicted molar refractivity (Wildman–Crippen MR) is 135 cm³/mol. The van der Waals surface area contributed by atoms with E-state index in [1.165, 1.54) is 0 Å². The summed E-state index contributed by atoms with van der Waals surface area (Å²) in [4.78, 5) is 68.8. The molecule has 0 radical (unpaired) electrons. The summed E-state index contributed by atoms with van der Waals surface area (Å²) in [7, 11) is -10.2. The molecule has 6 heterocycles. The number of hydrogen-bond donors (Lipinski definition) is 7. The van der Waals surface area contributed by atoms with Gasteiger partial charge in [-0.25, -0.2) is 18.9 Å². The smallest absolute Gasteiger partial charge is 0.386 e. The van der Waals surface area contributed by atoms with Crippen LogP contribution in [-0.2, 0) is 36.7 Å². The normalized spacial score (nSPS) is 38.7. The molecule has 8 N–H and O–H groups in total. The summed E-state index contributed by atoms with van der Waals surface area (Å²) in [6, 6.07) is 0.947. The maximum atomic E-state index is 12.9. The Hall–Kier alpha value is -3.11. The van der Waals surface area contributed by atoms with Gasteiger partial charge in [0.25, 0.3) is 11.1 Å². The minimum absolute atomic E-state index is 0.127. The van der Waals surface area contributed by atoms with Crippen LogP contribution in [0.1, 0.15) is 12.5 Å². The molecule has 0 amide bonds. The van der Waals surface area contributed by atoms with Gasteiger partial charge in [0.15, 0.2) is 23.6 Å². The van der Waals surface area contributed by atoms with Gasteiger partial charge in [-0.15, -0.1) is 0 Å². The Morgan fingerprint density at radius 2 is 1.47 bits per heavy atom. The molecule has 3 aliphatic rings. The summed E-state index contributed by atoms with van der Waals surface area (Å²) in [5.74, 6) is -0.285. The number of nitrogen functional groups attached to an aromatic ring is 1. The number of nitrogens with zero attached hydrogens (tertiary/aromatic N) is 4. The van der Waals surface area contributed by atoms with E-state index in [0.29, 0.717) is 0 Å². The van der Waals surface area contributed by atoms with Crippen molar-refractivity contribution in [3.63, 3.8) is 0 Å². The van der Waals surface area contributed by atoms with E-state index in [4.69, 9.17) is 33.3 Å². The second kappa shape index (κ2) is 10.8. The van der Waals surface area contributed by atoms with Gasteiger partial charge in [0, 0.05) is 12.3 Å². The number of phosphoric ester groups is 2. The first-order valence-corrected chi connectivity index (χ1v) is 15.2. The number of rotatable bonds is 2. The van der Waals surface area contributed by atoms with Crippen molar-refractivity contribution >= 4 is 32.8 Å². The van der Waals surface area contributed by atoms with Gasteiger partial charge in [0.05, 0.1) is 19.5 Å². The molecule has 0 bridgehead atoms. The van der Waals surface area contributed by atoms with Gasteiger partial charge in [-0.3, -0.25) is 46.8 Å². The van der Waals surface area contributed by atoms with Gasteiger partial charge < -0.3 is 35.2 Å². The lowest BCUT2D eigenvalue weighted by Gasteiger charge is -2.27. The van der Waals surface area contributed by atoms with E-state index < -0.39 is 94.7 Å². The monoisotopic (exact) mass is 651 g/mol. The maximum absolute atomic E-state index is 12.9. The highest BCUT2D eigenvalue weighted by molar-refractivity contribution is 7.47. The predicted octanol–water partition coefficient (Wildman–Crippen LogP) is -3.21. The standard InChI is InChI=1S/C19H23N7O15P2/c20-18-23-14-9(15(30)24-18)21-5-26(14)17-11(29)13-7(39-17)4-37-42(32,33)40-12-6(3-36-43(34,35)41-13)38-16(10(12)28)25-2-1-8(27)22-19(25)31/h1-2,5-7,10-13,16-17,28-29H,3-4H2,(H,32,33)(H,34,35)(H,22,27,31)(H3,20,23,24,30)/t6-,7-,10+,11?,12?,13+,16-,17-/m1/s1. The summed E-state index contributed by atoms with van der Waals surface area (Å²) < 4.78 is 59.3. The molecule has 0 spiro atoms. The highest BCUT2D eigenvalue weighted by Gasteiger charge is 2.53. The number of phosphoric acid groups is 2. The Labute approximate surface area is 236 Å². The number of aromatic amines is 2. The van der Waals surface area contributed by atoms with Crippen LogP contribution in [0.3, 0.4) is 0 Å². The van der Waals surface area contributed by atoms with E-state index in [-0.39, 0.29) is 17.1 Å². The maximum Gasteiger partial charge on any atom is 0.472 e. The molecule has 6 rings (SSSR count). The average Bonchev–Trinajstić information content (AvgIpc) is 3.56. The molecule has 10 atom stereocenters. The second-order valence-electron chi connectivity index (χ2n) is 9.57. The first-order chi connectivity index (χ1) is 20.2. The molecule has 22 nitrogen and oxygen atoms in total. The minimum atomic E-state index is -5.10. The number of H-pyrrole nitrogens is 2. The van der Waals surface area contributed by atoms with E-state index in [1.807, 2.05) is 4.98 Å². The molecule has 3 aromatic rings. The second-order valence-corrected chi connectivity index (χ2v) is 12.4. The van der Waals surface area contributed by atoms with E-state index in [0.717, 1.165) is 27.7 Å². The first kappa shape index (κ1) is 29.9. The molecule has 43 heavy (non-hydrogen) atoms. The third-order valence-corrected chi connectivity index (χ3v) is 8.75. The fraction of sp³-hybridized carbons (Fsp3) is 0.526. The van der Waals surface area contributed by atoms with Crippen LogP contribution in [0.25, 0.3) is 11.2 Å². The van der Waals surface area contributed by atoms with E-state index >= 15 is 0 Å². The number of fused-ring (bicyclic) bond motifs is 3. The van der Waals surface area contributed by atoms with Crippen molar-refractivity contribution in [2.45, 2.75) is 49.1 Å². The number of anilines is 1. The van der Waals surface area contributed by atoms with Gasteiger partial charge in [-0.2, -0.15) is 4.98 Å². The van der Waals surface area contributed by atoms with Gasteiger partial charge >= 0.3 is 21.3 Å². The summed E-state index contributed by atoms with van der Waals surface area (Å²) in [6.45, 7) is -1.79. The molecular weight excluding hydrogens is 628 g/mol. The molecule has 0 aliphatic carbocycles. The summed E-state index contributed by atoms with van der Waals surface area (Å²) in [6.07, 6.45) is -11.3. The van der Waals surface area contributed by atoms with Crippen LogP contribution in [0.4, 0.5) is 5.95 Å². The average molecular weight is 651 g/mol. The zero-order valence-corrected chi connectivity index (χ0v) is 23.1. The molecule has 234 valence electrons. The van der Waals surface area contributed by atoms with Gasteiger partial charge in [-0.1, -0.05) is 0 Å². The van der Waals surface area contributed by atoms with Crippen LogP contribution in [0.5, 0.6) is 0 Å². The number of aliphatic hydroxyl groups excluding tert-OH is 2. The minimum Gasteiger partial charge on any atom is -0.386 e. The van der Waals surface area contributed by atoms with Crippen molar-refractivity contribution in [2.24, 2.45) is 0 Å². The number of aromatic nitrogens is 6. The van der Waals surface area contributed by atoms with Gasteiger partial charge in [-0.05, 0) is 0 Å². The topological polar surface area (TPSA) is 315 Å². The molecule has 0 aromatic carbocycles. The molecule has 3 aliphatic heterocycles. The highest BCUT2D eigenvalue weighted by Crippen LogP contribution is 2.53. The summed E-state index contributed by atoms with van der Waals surface area (Å²) in [5, 5.41) is 21.9. The molecule has 3 fully saturated rings. The van der Waals surface area contributed by atoms with E-state index in [1.54, 1.807) is 0 Å². The number of aliphatic hydroxyl groups is 2. The van der Waals surface area contributed by atoms with Crippen LogP contribution in [0, 0.1) is 0 Å². The van der Waals surface area contributed by atoms with Crippen molar-refractivity contribution in [2.75, 3.05) is 18.9 Å². The summed E-state index contributed by atoms with van der Waals surface area (Å²) in [5.41, 5.74) is 2.85. The zero-order valence-electron chi connectivity index (χ0n) is 21.3. The Balaban J connectivity index is 1.29. The zero-order chi connectivity index (χ0) is 30.8. The first-order valence-electron chi connectivity index (χ1n) is 12.3. The van der Waals surface area contributed by atoms with E-state index in [9.17, 15) is 43.5 Å². The third-order valence-electron chi connectivity index (χ3n) is 6.78. The lowest BCUT2D eigenvalue weighted by molar-refractivity contribution is -0.0675. The SMILES string of the molecule is Nc1nc2c(ncn2[C@@H]2O[C@@H]3COP(=O)(O)OC4[C@@H](COP(=O)(O)O[C@@H]3C2O)O[C@@H](n2ccc(=O)[nH]c2=O)[C@H]4O)c(=O)[nH]1. The Morgan fingerprint density at radius 1 is 0.907 bits per heavy atom. The quantitative estimate of drug-likeness (QED) is 0.134. The number of nitrogens with two attached hydrogens (primary N) is 1. The summed E-state index contributed by atoms with van der Waals surface area (Å²) >= 11 is 0. The highest BCUT2D eigenvalue weighted by atomic mass is 31.2. The number of imidazole rings is 1. The fourth-order valence-corrected chi connectivity index (χ4v) is 6.82. The largest absolute Gasteiger partial charge is 0.472 e.